The largest absolute Gasteiger partial charge is 0.348 e. The Morgan fingerprint density at radius 3 is 2.95 bits per heavy atom. The average Bonchev–Trinajstić information content (AvgIpc) is 2.97. The maximum atomic E-state index is 4.63. The normalized spacial score (nSPS) is 10.9. The molecule has 0 amide bonds. The Balaban J connectivity index is 1.56. The summed E-state index contributed by atoms with van der Waals surface area (Å²) in [6.45, 7) is 1.70. The molecule has 0 unspecified atom stereocenters. The van der Waals surface area contributed by atoms with Crippen LogP contribution in [0.25, 0.3) is 10.9 Å². The third-order valence-electron chi connectivity index (χ3n) is 3.09. The number of hydrogen-bond acceptors (Lipinski definition) is 3. The minimum Gasteiger partial charge on any atom is -0.348 e. The van der Waals surface area contributed by atoms with Gasteiger partial charge in [0.2, 0.25) is 0 Å². The molecule has 0 aliphatic carbocycles. The first-order chi connectivity index (χ1) is 9.42. The topological polar surface area (TPSA) is 53.6 Å². The first kappa shape index (κ1) is 11.9. The zero-order chi connectivity index (χ0) is 12.9. The monoisotopic (exact) mass is 252 g/mol. The SMILES string of the molecule is c1ccc2nc(CNCCc3cnc[nH]3)ccc2c1. The lowest BCUT2D eigenvalue weighted by Gasteiger charge is -2.05. The molecule has 1 aromatic carbocycles. The summed E-state index contributed by atoms with van der Waals surface area (Å²) in [6.07, 6.45) is 4.52. The zero-order valence-electron chi connectivity index (χ0n) is 10.6. The minimum atomic E-state index is 0.791. The molecule has 0 aliphatic heterocycles. The summed E-state index contributed by atoms with van der Waals surface area (Å²) < 4.78 is 0. The maximum Gasteiger partial charge on any atom is 0.0921 e. The molecule has 0 saturated carbocycles. The molecule has 0 radical (unpaired) electrons. The van der Waals surface area contributed by atoms with Crippen LogP contribution in [0.2, 0.25) is 0 Å². The second kappa shape index (κ2) is 5.63. The first-order valence-corrected chi connectivity index (χ1v) is 6.44. The van der Waals surface area contributed by atoms with Crippen LogP contribution in [0.5, 0.6) is 0 Å². The fraction of sp³-hybridized carbons (Fsp3) is 0.200. The van der Waals surface area contributed by atoms with E-state index >= 15 is 0 Å². The predicted molar refractivity (Wildman–Crippen MR) is 75.7 cm³/mol. The third kappa shape index (κ3) is 2.98. The Bertz CT molecular complexity index is 646. The second-order valence-corrected chi connectivity index (χ2v) is 4.50. The highest BCUT2D eigenvalue weighted by Gasteiger charge is 1.98. The number of rotatable bonds is 5. The van der Waals surface area contributed by atoms with Crippen molar-refractivity contribution in [3.05, 3.63) is 60.3 Å². The summed E-state index contributed by atoms with van der Waals surface area (Å²) in [5, 5.41) is 4.58. The number of aromatic amines is 1. The van der Waals surface area contributed by atoms with E-state index in [1.54, 1.807) is 6.33 Å². The highest BCUT2D eigenvalue weighted by molar-refractivity contribution is 5.78. The maximum absolute atomic E-state index is 4.63. The molecule has 96 valence electrons. The molecule has 2 N–H and O–H groups in total. The van der Waals surface area contributed by atoms with Gasteiger partial charge < -0.3 is 10.3 Å². The van der Waals surface area contributed by atoms with Gasteiger partial charge in [-0.05, 0) is 12.1 Å². The number of para-hydroxylation sites is 1. The van der Waals surface area contributed by atoms with Gasteiger partial charge in [-0.2, -0.15) is 0 Å². The lowest BCUT2D eigenvalue weighted by molar-refractivity contribution is 0.671. The molecule has 0 fully saturated rings. The van der Waals surface area contributed by atoms with Crippen LogP contribution in [0.15, 0.2) is 48.9 Å². The Labute approximate surface area is 111 Å². The number of imidazole rings is 1. The van der Waals surface area contributed by atoms with Crippen LogP contribution in [-0.2, 0) is 13.0 Å². The van der Waals surface area contributed by atoms with Gasteiger partial charge in [-0.25, -0.2) is 4.98 Å². The molecule has 0 bridgehead atoms. The van der Waals surface area contributed by atoms with E-state index in [0.29, 0.717) is 0 Å². The van der Waals surface area contributed by atoms with E-state index in [1.165, 1.54) is 5.39 Å². The number of benzene rings is 1. The molecular formula is C15H16N4. The summed E-state index contributed by atoms with van der Waals surface area (Å²) in [5.74, 6) is 0. The summed E-state index contributed by atoms with van der Waals surface area (Å²) >= 11 is 0. The van der Waals surface area contributed by atoms with Crippen LogP contribution in [-0.4, -0.2) is 21.5 Å². The zero-order valence-corrected chi connectivity index (χ0v) is 10.6. The van der Waals surface area contributed by atoms with Crippen molar-refractivity contribution in [2.45, 2.75) is 13.0 Å². The molecule has 0 atom stereocenters. The second-order valence-electron chi connectivity index (χ2n) is 4.50. The average molecular weight is 252 g/mol. The van der Waals surface area contributed by atoms with E-state index in [-0.39, 0.29) is 0 Å². The predicted octanol–water partition coefficient (Wildman–Crippen LogP) is 2.29. The molecule has 19 heavy (non-hydrogen) atoms. The number of pyridine rings is 1. The highest BCUT2D eigenvalue weighted by atomic mass is 14.9. The summed E-state index contributed by atoms with van der Waals surface area (Å²) in [6, 6.07) is 12.4. The van der Waals surface area contributed by atoms with E-state index in [4.69, 9.17) is 0 Å². The van der Waals surface area contributed by atoms with Crippen molar-refractivity contribution in [1.29, 1.82) is 0 Å². The van der Waals surface area contributed by atoms with Crippen molar-refractivity contribution >= 4 is 10.9 Å². The van der Waals surface area contributed by atoms with Crippen LogP contribution >= 0.6 is 0 Å². The molecule has 0 aliphatic rings. The van der Waals surface area contributed by atoms with Crippen LogP contribution in [0.3, 0.4) is 0 Å². The van der Waals surface area contributed by atoms with Crippen molar-refractivity contribution in [1.82, 2.24) is 20.3 Å². The van der Waals surface area contributed by atoms with Gasteiger partial charge in [0, 0.05) is 36.8 Å². The molecule has 4 nitrogen and oxygen atoms in total. The van der Waals surface area contributed by atoms with E-state index in [9.17, 15) is 0 Å². The summed E-state index contributed by atoms with van der Waals surface area (Å²) in [4.78, 5) is 11.7. The smallest absolute Gasteiger partial charge is 0.0921 e. The van der Waals surface area contributed by atoms with Crippen LogP contribution in [0, 0.1) is 0 Å². The van der Waals surface area contributed by atoms with Gasteiger partial charge in [0.1, 0.15) is 0 Å². The number of aromatic nitrogens is 3. The molecule has 3 rings (SSSR count). The van der Waals surface area contributed by atoms with Gasteiger partial charge in [0.25, 0.3) is 0 Å². The van der Waals surface area contributed by atoms with Crippen molar-refractivity contribution in [3.63, 3.8) is 0 Å². The molecular weight excluding hydrogens is 236 g/mol. The fourth-order valence-electron chi connectivity index (χ4n) is 2.07. The van der Waals surface area contributed by atoms with Crippen LogP contribution in [0.1, 0.15) is 11.4 Å². The van der Waals surface area contributed by atoms with Crippen molar-refractivity contribution in [3.8, 4) is 0 Å². The molecule has 2 aromatic heterocycles. The minimum absolute atomic E-state index is 0.791. The lowest BCUT2D eigenvalue weighted by atomic mass is 10.2. The van der Waals surface area contributed by atoms with Crippen LogP contribution in [0.4, 0.5) is 0 Å². The molecule has 0 spiro atoms. The number of nitrogens with one attached hydrogen (secondary N) is 2. The van der Waals surface area contributed by atoms with Crippen molar-refractivity contribution in [2.24, 2.45) is 0 Å². The van der Waals surface area contributed by atoms with Gasteiger partial charge >= 0.3 is 0 Å². The Morgan fingerprint density at radius 1 is 1.11 bits per heavy atom. The van der Waals surface area contributed by atoms with Crippen molar-refractivity contribution in [2.75, 3.05) is 6.54 Å². The highest BCUT2D eigenvalue weighted by Crippen LogP contribution is 2.11. The van der Waals surface area contributed by atoms with E-state index in [0.717, 1.165) is 36.4 Å². The molecule has 2 heterocycles. The quantitative estimate of drug-likeness (QED) is 0.685. The lowest BCUT2D eigenvalue weighted by Crippen LogP contribution is -2.17. The number of hydrogen-bond donors (Lipinski definition) is 2. The van der Waals surface area contributed by atoms with E-state index in [2.05, 4.69) is 38.5 Å². The fourth-order valence-corrected chi connectivity index (χ4v) is 2.07. The molecule has 3 aromatic rings. The Hall–Kier alpha value is -2.20. The Kier molecular flexibility index (Phi) is 3.51. The number of H-pyrrole nitrogens is 1. The third-order valence-corrected chi connectivity index (χ3v) is 3.09. The van der Waals surface area contributed by atoms with Gasteiger partial charge in [0.15, 0.2) is 0 Å². The summed E-state index contributed by atoms with van der Waals surface area (Å²) in [5.41, 5.74) is 3.28. The standard InChI is InChI=1S/C15H16N4/c1-2-4-15-12(3-1)5-6-14(19-15)10-16-8-7-13-9-17-11-18-13/h1-6,9,11,16H,7-8,10H2,(H,17,18). The molecule has 4 heteroatoms. The first-order valence-electron chi connectivity index (χ1n) is 6.44. The molecule has 0 saturated heterocycles. The van der Waals surface area contributed by atoms with Gasteiger partial charge in [-0.3, -0.25) is 4.98 Å². The number of fused-ring (bicyclic) bond motifs is 1. The number of nitrogens with zero attached hydrogens (tertiary/aromatic N) is 2. The van der Waals surface area contributed by atoms with E-state index in [1.807, 2.05) is 24.4 Å². The summed E-state index contributed by atoms with van der Waals surface area (Å²) in [7, 11) is 0. The van der Waals surface area contributed by atoms with E-state index < -0.39 is 0 Å². The Morgan fingerprint density at radius 2 is 2.05 bits per heavy atom. The van der Waals surface area contributed by atoms with Gasteiger partial charge in [0.05, 0.1) is 17.5 Å². The van der Waals surface area contributed by atoms with Gasteiger partial charge in [-0.1, -0.05) is 24.3 Å². The van der Waals surface area contributed by atoms with Gasteiger partial charge in [-0.15, -0.1) is 0 Å². The van der Waals surface area contributed by atoms with Crippen LogP contribution < -0.4 is 5.32 Å². The van der Waals surface area contributed by atoms with Crippen molar-refractivity contribution < 1.29 is 0 Å².